The lowest BCUT2D eigenvalue weighted by Gasteiger charge is -2.12. The highest BCUT2D eigenvalue weighted by molar-refractivity contribution is 9.10. The fourth-order valence-electron chi connectivity index (χ4n) is 2.77. The molecule has 150 valence electrons. The van der Waals surface area contributed by atoms with E-state index in [1.54, 1.807) is 43.5 Å². The van der Waals surface area contributed by atoms with E-state index >= 15 is 0 Å². The molecular weight excluding hydrogens is 448 g/mol. The molecule has 0 fully saturated rings. The minimum atomic E-state index is -0.487. The second kappa shape index (κ2) is 9.72. The van der Waals surface area contributed by atoms with Crippen LogP contribution in [0.4, 0.5) is 5.69 Å². The molecule has 0 spiro atoms. The Bertz CT molecular complexity index is 1130. The Hall–Kier alpha value is -3.63. The standard InChI is InChI=1S/C23H17BrN2O4/c1-29-23-12-17(7-10-22(23)30-15-16-5-8-20(24)9-6-16)11-19(14-25)18-3-2-4-21(13-18)26(27)28/h2-13H,15H2,1H3/b19-11-. The molecule has 0 radical (unpaired) electrons. The summed E-state index contributed by atoms with van der Waals surface area (Å²) < 4.78 is 12.3. The van der Waals surface area contributed by atoms with Gasteiger partial charge in [0.2, 0.25) is 0 Å². The molecule has 0 aliphatic rings. The van der Waals surface area contributed by atoms with Crippen molar-refractivity contribution in [1.29, 1.82) is 5.26 Å². The van der Waals surface area contributed by atoms with Gasteiger partial charge < -0.3 is 9.47 Å². The monoisotopic (exact) mass is 464 g/mol. The van der Waals surface area contributed by atoms with Gasteiger partial charge in [0.15, 0.2) is 11.5 Å². The van der Waals surface area contributed by atoms with Crippen LogP contribution in [-0.2, 0) is 6.61 Å². The van der Waals surface area contributed by atoms with Gasteiger partial charge in [0.05, 0.1) is 23.7 Å². The summed E-state index contributed by atoms with van der Waals surface area (Å²) in [7, 11) is 1.54. The van der Waals surface area contributed by atoms with Crippen LogP contribution < -0.4 is 9.47 Å². The normalized spacial score (nSPS) is 10.9. The number of non-ortho nitro benzene ring substituents is 1. The van der Waals surface area contributed by atoms with E-state index in [2.05, 4.69) is 22.0 Å². The number of nitro groups is 1. The van der Waals surface area contributed by atoms with Crippen molar-refractivity contribution in [2.45, 2.75) is 6.61 Å². The average molecular weight is 465 g/mol. The summed E-state index contributed by atoms with van der Waals surface area (Å²) in [5, 5.41) is 20.5. The Labute approximate surface area is 182 Å². The maximum absolute atomic E-state index is 11.0. The number of rotatable bonds is 7. The Balaban J connectivity index is 1.84. The number of methoxy groups -OCH3 is 1. The number of nitro benzene ring substituents is 1. The molecule has 7 heteroatoms. The van der Waals surface area contributed by atoms with Gasteiger partial charge in [0, 0.05) is 16.6 Å². The number of benzene rings is 3. The van der Waals surface area contributed by atoms with Crippen LogP contribution in [0.15, 0.2) is 71.2 Å². The van der Waals surface area contributed by atoms with Crippen molar-refractivity contribution in [2.24, 2.45) is 0 Å². The lowest BCUT2D eigenvalue weighted by molar-refractivity contribution is -0.384. The number of nitriles is 1. The highest BCUT2D eigenvalue weighted by atomic mass is 79.9. The van der Waals surface area contributed by atoms with E-state index in [0.29, 0.717) is 34.8 Å². The minimum absolute atomic E-state index is 0.0667. The predicted octanol–water partition coefficient (Wildman–Crippen LogP) is 6.01. The van der Waals surface area contributed by atoms with Crippen molar-refractivity contribution in [2.75, 3.05) is 7.11 Å². The zero-order chi connectivity index (χ0) is 21.5. The fraction of sp³-hybridized carbons (Fsp3) is 0.0870. The van der Waals surface area contributed by atoms with Gasteiger partial charge in [0.1, 0.15) is 6.61 Å². The van der Waals surface area contributed by atoms with Gasteiger partial charge in [-0.25, -0.2) is 0 Å². The number of nitrogens with zero attached hydrogens (tertiary/aromatic N) is 2. The van der Waals surface area contributed by atoms with Crippen LogP contribution in [0.3, 0.4) is 0 Å². The molecule has 0 unspecified atom stereocenters. The molecule has 0 aliphatic heterocycles. The second-order valence-electron chi connectivity index (χ2n) is 6.30. The summed E-state index contributed by atoms with van der Waals surface area (Å²) in [6.07, 6.45) is 1.65. The molecule has 0 aromatic heterocycles. The Kier molecular flexibility index (Phi) is 6.83. The highest BCUT2D eigenvalue weighted by Gasteiger charge is 2.10. The Morgan fingerprint density at radius 2 is 1.90 bits per heavy atom. The van der Waals surface area contributed by atoms with Gasteiger partial charge >= 0.3 is 0 Å². The average Bonchev–Trinajstić information content (AvgIpc) is 2.77. The SMILES string of the molecule is COc1cc(/C=C(/C#N)c2cccc([N+](=O)[O-])c2)ccc1OCc1ccc(Br)cc1. The van der Waals surface area contributed by atoms with E-state index < -0.39 is 4.92 Å². The molecule has 3 aromatic carbocycles. The first-order chi connectivity index (χ1) is 14.5. The highest BCUT2D eigenvalue weighted by Crippen LogP contribution is 2.31. The van der Waals surface area contributed by atoms with Crippen molar-refractivity contribution in [3.8, 4) is 17.6 Å². The van der Waals surface area contributed by atoms with Gasteiger partial charge in [-0.15, -0.1) is 0 Å². The van der Waals surface area contributed by atoms with E-state index in [4.69, 9.17) is 9.47 Å². The van der Waals surface area contributed by atoms with Crippen molar-refractivity contribution in [1.82, 2.24) is 0 Å². The first-order valence-corrected chi connectivity index (χ1v) is 9.71. The number of allylic oxidation sites excluding steroid dienone is 1. The van der Waals surface area contributed by atoms with Gasteiger partial charge in [-0.2, -0.15) is 5.26 Å². The van der Waals surface area contributed by atoms with Crippen molar-refractivity contribution >= 4 is 33.3 Å². The summed E-state index contributed by atoms with van der Waals surface area (Å²) in [6, 6.07) is 21.2. The van der Waals surface area contributed by atoms with Crippen LogP contribution in [0.1, 0.15) is 16.7 Å². The van der Waals surface area contributed by atoms with Crippen LogP contribution in [0.25, 0.3) is 11.6 Å². The third kappa shape index (κ3) is 5.25. The number of hydrogen-bond acceptors (Lipinski definition) is 5. The molecule has 6 nitrogen and oxygen atoms in total. The van der Waals surface area contributed by atoms with Gasteiger partial charge in [-0.1, -0.05) is 46.3 Å². The maximum atomic E-state index is 11.0. The molecule has 0 atom stereocenters. The molecule has 0 saturated heterocycles. The maximum Gasteiger partial charge on any atom is 0.270 e. The molecule has 3 rings (SSSR count). The molecule has 3 aromatic rings. The van der Waals surface area contributed by atoms with Gasteiger partial charge in [-0.05, 0) is 47.0 Å². The van der Waals surface area contributed by atoms with E-state index in [-0.39, 0.29) is 5.69 Å². The number of halogens is 1. The molecule has 0 bridgehead atoms. The van der Waals surface area contributed by atoms with Crippen LogP contribution in [0.2, 0.25) is 0 Å². The third-order valence-corrected chi connectivity index (χ3v) is 4.82. The molecule has 0 amide bonds. The van der Waals surface area contributed by atoms with Gasteiger partial charge in [-0.3, -0.25) is 10.1 Å². The van der Waals surface area contributed by atoms with Crippen molar-refractivity contribution in [3.63, 3.8) is 0 Å². The third-order valence-electron chi connectivity index (χ3n) is 4.29. The topological polar surface area (TPSA) is 85.4 Å². The van der Waals surface area contributed by atoms with E-state index in [9.17, 15) is 15.4 Å². The summed E-state index contributed by atoms with van der Waals surface area (Å²) in [6.45, 7) is 0.385. The summed E-state index contributed by atoms with van der Waals surface area (Å²) in [5.41, 5.74) is 2.45. The molecule has 0 aliphatic carbocycles. The fourth-order valence-corrected chi connectivity index (χ4v) is 3.03. The van der Waals surface area contributed by atoms with Crippen LogP contribution in [-0.4, -0.2) is 12.0 Å². The Morgan fingerprint density at radius 3 is 2.57 bits per heavy atom. The van der Waals surface area contributed by atoms with E-state index in [0.717, 1.165) is 10.0 Å². The van der Waals surface area contributed by atoms with Crippen LogP contribution in [0.5, 0.6) is 11.5 Å². The lowest BCUT2D eigenvalue weighted by atomic mass is 10.0. The first-order valence-electron chi connectivity index (χ1n) is 8.92. The first kappa shape index (κ1) is 21.1. The lowest BCUT2D eigenvalue weighted by Crippen LogP contribution is -1.98. The minimum Gasteiger partial charge on any atom is -0.493 e. The molecule has 0 N–H and O–H groups in total. The largest absolute Gasteiger partial charge is 0.493 e. The molecular formula is C23H17BrN2O4. The smallest absolute Gasteiger partial charge is 0.270 e. The predicted molar refractivity (Wildman–Crippen MR) is 118 cm³/mol. The van der Waals surface area contributed by atoms with Crippen LogP contribution >= 0.6 is 15.9 Å². The zero-order valence-electron chi connectivity index (χ0n) is 16.0. The second-order valence-corrected chi connectivity index (χ2v) is 7.22. The Morgan fingerprint density at radius 1 is 1.13 bits per heavy atom. The molecule has 30 heavy (non-hydrogen) atoms. The molecule has 0 heterocycles. The number of hydrogen-bond donors (Lipinski definition) is 0. The van der Waals surface area contributed by atoms with E-state index in [1.165, 1.54) is 12.1 Å². The van der Waals surface area contributed by atoms with Gasteiger partial charge in [0.25, 0.3) is 5.69 Å². The van der Waals surface area contributed by atoms with Crippen molar-refractivity contribution in [3.05, 3.63) is 98.0 Å². The summed E-state index contributed by atoms with van der Waals surface area (Å²) in [5.74, 6) is 1.10. The summed E-state index contributed by atoms with van der Waals surface area (Å²) >= 11 is 3.40. The van der Waals surface area contributed by atoms with Crippen LogP contribution in [0, 0.1) is 21.4 Å². The summed E-state index contributed by atoms with van der Waals surface area (Å²) in [4.78, 5) is 10.5. The van der Waals surface area contributed by atoms with Crippen molar-refractivity contribution < 1.29 is 14.4 Å². The molecule has 0 saturated carbocycles. The number of ether oxygens (including phenoxy) is 2. The quantitative estimate of drug-likeness (QED) is 0.185. The van der Waals surface area contributed by atoms with E-state index in [1.807, 2.05) is 24.3 Å². The zero-order valence-corrected chi connectivity index (χ0v) is 17.6.